The molecule has 0 saturated carbocycles. The summed E-state index contributed by atoms with van der Waals surface area (Å²) in [5.74, 6) is -0.801. The zero-order valence-electron chi connectivity index (χ0n) is 11.8. The van der Waals surface area contributed by atoms with Gasteiger partial charge in [0.15, 0.2) is 0 Å². The summed E-state index contributed by atoms with van der Waals surface area (Å²) in [4.78, 5) is 13.3. The third-order valence-corrected chi connectivity index (χ3v) is 3.90. The number of carbonyl (C=O) groups is 1. The van der Waals surface area contributed by atoms with Gasteiger partial charge in [-0.1, -0.05) is 6.92 Å². The fourth-order valence-corrected chi connectivity index (χ4v) is 2.66. The molecule has 1 saturated heterocycles. The molecule has 1 aromatic heterocycles. The molecular weight excluding hydrogens is 242 g/mol. The summed E-state index contributed by atoms with van der Waals surface area (Å²) in [6.45, 7) is 7.73. The summed E-state index contributed by atoms with van der Waals surface area (Å²) < 4.78 is 2.06. The summed E-state index contributed by atoms with van der Waals surface area (Å²) >= 11 is 0. The van der Waals surface area contributed by atoms with E-state index >= 15 is 0 Å². The van der Waals surface area contributed by atoms with Crippen LogP contribution in [-0.4, -0.2) is 38.8 Å². The average Bonchev–Trinajstić information content (AvgIpc) is 2.81. The van der Waals surface area contributed by atoms with Crippen LogP contribution in [0.1, 0.15) is 38.1 Å². The van der Waals surface area contributed by atoms with Gasteiger partial charge in [-0.2, -0.15) is 5.10 Å². The highest BCUT2D eigenvalue weighted by molar-refractivity contribution is 5.70. The molecule has 5 heteroatoms. The lowest BCUT2D eigenvalue weighted by Gasteiger charge is -2.29. The van der Waals surface area contributed by atoms with Crippen LogP contribution in [0.25, 0.3) is 0 Å². The Hall–Kier alpha value is -1.36. The SMILES string of the molecule is CCc1cc(CN2CCC(C(=O)O)CC2)n(CC)n1. The van der Waals surface area contributed by atoms with E-state index in [9.17, 15) is 4.79 Å². The number of hydrogen-bond acceptors (Lipinski definition) is 3. The van der Waals surface area contributed by atoms with E-state index in [2.05, 4.69) is 34.6 Å². The predicted octanol–water partition coefficient (Wildman–Crippen LogP) is 1.76. The normalized spacial score (nSPS) is 17.8. The highest BCUT2D eigenvalue weighted by Gasteiger charge is 2.24. The number of aryl methyl sites for hydroxylation is 2. The summed E-state index contributed by atoms with van der Waals surface area (Å²) in [7, 11) is 0. The van der Waals surface area contributed by atoms with Crippen LogP contribution in [0.2, 0.25) is 0 Å². The predicted molar refractivity (Wildman–Crippen MR) is 72.9 cm³/mol. The van der Waals surface area contributed by atoms with Crippen LogP contribution in [0.3, 0.4) is 0 Å². The second-order valence-electron chi connectivity index (χ2n) is 5.18. The second-order valence-corrected chi connectivity index (χ2v) is 5.18. The van der Waals surface area contributed by atoms with Crippen LogP contribution in [0.15, 0.2) is 6.07 Å². The van der Waals surface area contributed by atoms with Crippen molar-refractivity contribution in [1.29, 1.82) is 0 Å². The fourth-order valence-electron chi connectivity index (χ4n) is 2.66. The van der Waals surface area contributed by atoms with Crippen LogP contribution >= 0.6 is 0 Å². The molecular formula is C14H23N3O2. The summed E-state index contributed by atoms with van der Waals surface area (Å²) in [5, 5.41) is 13.6. The standard InChI is InChI=1S/C14H23N3O2/c1-3-12-9-13(17(4-2)15-12)10-16-7-5-11(6-8-16)14(18)19/h9,11H,3-8,10H2,1-2H3,(H,18,19). The molecule has 0 aliphatic carbocycles. The maximum Gasteiger partial charge on any atom is 0.306 e. The number of aliphatic carboxylic acids is 1. The fraction of sp³-hybridized carbons (Fsp3) is 0.714. The molecule has 0 unspecified atom stereocenters. The Morgan fingerprint density at radius 2 is 2.11 bits per heavy atom. The lowest BCUT2D eigenvalue weighted by Crippen LogP contribution is -2.36. The summed E-state index contributed by atoms with van der Waals surface area (Å²) in [5.41, 5.74) is 2.38. The number of aromatic nitrogens is 2. The molecule has 1 fully saturated rings. The third-order valence-electron chi connectivity index (χ3n) is 3.90. The first kappa shape index (κ1) is 14.1. The van der Waals surface area contributed by atoms with Crippen molar-refractivity contribution in [3.63, 3.8) is 0 Å². The van der Waals surface area contributed by atoms with Crippen molar-refractivity contribution in [2.45, 2.75) is 46.2 Å². The molecule has 0 amide bonds. The van der Waals surface area contributed by atoms with E-state index in [1.165, 1.54) is 5.69 Å². The van der Waals surface area contributed by atoms with E-state index < -0.39 is 5.97 Å². The molecule has 0 radical (unpaired) electrons. The van der Waals surface area contributed by atoms with E-state index in [1.807, 2.05) is 0 Å². The minimum atomic E-state index is -0.647. The quantitative estimate of drug-likeness (QED) is 0.881. The molecule has 2 heterocycles. The molecule has 5 nitrogen and oxygen atoms in total. The Morgan fingerprint density at radius 3 is 2.63 bits per heavy atom. The highest BCUT2D eigenvalue weighted by Crippen LogP contribution is 2.19. The van der Waals surface area contributed by atoms with Gasteiger partial charge in [0.1, 0.15) is 0 Å². The summed E-state index contributed by atoms with van der Waals surface area (Å²) in [6.07, 6.45) is 2.48. The number of piperidine rings is 1. The Balaban J connectivity index is 1.95. The van der Waals surface area contributed by atoms with Gasteiger partial charge in [0, 0.05) is 13.1 Å². The van der Waals surface area contributed by atoms with Gasteiger partial charge in [-0.25, -0.2) is 0 Å². The Kier molecular flexibility index (Phi) is 4.58. The minimum Gasteiger partial charge on any atom is -0.481 e. The zero-order valence-corrected chi connectivity index (χ0v) is 11.8. The first-order valence-corrected chi connectivity index (χ1v) is 7.14. The van der Waals surface area contributed by atoms with Crippen LogP contribution in [-0.2, 0) is 24.3 Å². The molecule has 1 aliphatic heterocycles. The van der Waals surface area contributed by atoms with Crippen LogP contribution in [0.5, 0.6) is 0 Å². The molecule has 1 aromatic rings. The smallest absolute Gasteiger partial charge is 0.306 e. The van der Waals surface area contributed by atoms with Gasteiger partial charge in [0.2, 0.25) is 0 Å². The number of nitrogens with zero attached hydrogens (tertiary/aromatic N) is 3. The van der Waals surface area contributed by atoms with E-state index in [-0.39, 0.29) is 5.92 Å². The Morgan fingerprint density at radius 1 is 1.42 bits per heavy atom. The maximum absolute atomic E-state index is 10.9. The zero-order chi connectivity index (χ0) is 13.8. The van der Waals surface area contributed by atoms with Gasteiger partial charge in [-0.05, 0) is 45.3 Å². The molecule has 19 heavy (non-hydrogen) atoms. The molecule has 1 aliphatic rings. The van der Waals surface area contributed by atoms with Gasteiger partial charge in [-0.15, -0.1) is 0 Å². The molecule has 0 aromatic carbocycles. The number of likely N-dealkylation sites (tertiary alicyclic amines) is 1. The third kappa shape index (κ3) is 3.35. The molecule has 2 rings (SSSR count). The Labute approximate surface area is 114 Å². The van der Waals surface area contributed by atoms with Crippen molar-refractivity contribution in [1.82, 2.24) is 14.7 Å². The monoisotopic (exact) mass is 265 g/mol. The van der Waals surface area contributed by atoms with Crippen molar-refractivity contribution in [3.8, 4) is 0 Å². The topological polar surface area (TPSA) is 58.4 Å². The second kappa shape index (κ2) is 6.19. The van der Waals surface area contributed by atoms with E-state index in [0.29, 0.717) is 0 Å². The van der Waals surface area contributed by atoms with Crippen molar-refractivity contribution in [3.05, 3.63) is 17.5 Å². The van der Waals surface area contributed by atoms with Crippen LogP contribution in [0, 0.1) is 5.92 Å². The Bertz CT molecular complexity index is 434. The number of hydrogen-bond donors (Lipinski definition) is 1. The van der Waals surface area contributed by atoms with Gasteiger partial charge in [0.05, 0.1) is 17.3 Å². The number of carboxylic acids is 1. The van der Waals surface area contributed by atoms with Crippen molar-refractivity contribution in [2.75, 3.05) is 13.1 Å². The van der Waals surface area contributed by atoms with E-state index in [1.54, 1.807) is 0 Å². The minimum absolute atomic E-state index is 0.154. The molecule has 106 valence electrons. The number of carboxylic acid groups (broad SMARTS) is 1. The molecule has 1 N–H and O–H groups in total. The van der Waals surface area contributed by atoms with Crippen molar-refractivity contribution < 1.29 is 9.90 Å². The number of rotatable bonds is 5. The van der Waals surface area contributed by atoms with E-state index in [4.69, 9.17) is 5.11 Å². The van der Waals surface area contributed by atoms with Crippen molar-refractivity contribution >= 4 is 5.97 Å². The van der Waals surface area contributed by atoms with Gasteiger partial charge >= 0.3 is 5.97 Å². The average molecular weight is 265 g/mol. The highest BCUT2D eigenvalue weighted by atomic mass is 16.4. The first-order valence-electron chi connectivity index (χ1n) is 7.14. The molecule has 0 spiro atoms. The van der Waals surface area contributed by atoms with Crippen LogP contribution in [0.4, 0.5) is 0 Å². The first-order chi connectivity index (χ1) is 9.13. The van der Waals surface area contributed by atoms with Crippen molar-refractivity contribution in [2.24, 2.45) is 5.92 Å². The molecule has 0 atom stereocenters. The largest absolute Gasteiger partial charge is 0.481 e. The molecule has 0 bridgehead atoms. The lowest BCUT2D eigenvalue weighted by molar-refractivity contribution is -0.143. The summed E-state index contributed by atoms with van der Waals surface area (Å²) in [6, 6.07) is 2.17. The van der Waals surface area contributed by atoms with Gasteiger partial charge < -0.3 is 5.11 Å². The van der Waals surface area contributed by atoms with E-state index in [0.717, 1.165) is 51.1 Å². The lowest BCUT2D eigenvalue weighted by atomic mass is 9.97. The van der Waals surface area contributed by atoms with Gasteiger partial charge in [-0.3, -0.25) is 14.4 Å². The van der Waals surface area contributed by atoms with Crippen LogP contribution < -0.4 is 0 Å². The maximum atomic E-state index is 10.9. The van der Waals surface area contributed by atoms with Gasteiger partial charge in [0.25, 0.3) is 0 Å².